The molecule has 1 aliphatic carbocycles. The SMILES string of the molecule is c1ccc(CN2C[C@@H]3C[C@@H](c4nc(C5CC5)cs4)O[C@@H]3C2)nc1. The maximum Gasteiger partial charge on any atom is 0.122 e. The number of hydrogen-bond acceptors (Lipinski definition) is 5. The number of likely N-dealkylation sites (tertiary alicyclic amines) is 1. The Hall–Kier alpha value is -1.30. The van der Waals surface area contributed by atoms with Crippen molar-refractivity contribution in [2.45, 2.75) is 43.9 Å². The lowest BCUT2D eigenvalue weighted by atomic mass is 10.0. The second kappa shape index (κ2) is 5.65. The molecular weight excluding hydrogens is 306 g/mol. The first-order valence-corrected chi connectivity index (χ1v) is 9.46. The van der Waals surface area contributed by atoms with E-state index < -0.39 is 0 Å². The first kappa shape index (κ1) is 14.1. The molecule has 0 unspecified atom stereocenters. The Morgan fingerprint density at radius 1 is 1.26 bits per heavy atom. The largest absolute Gasteiger partial charge is 0.366 e. The zero-order chi connectivity index (χ0) is 15.2. The molecule has 3 fully saturated rings. The van der Waals surface area contributed by atoms with Gasteiger partial charge in [-0.2, -0.15) is 0 Å². The molecule has 0 bridgehead atoms. The average Bonchev–Trinajstić information content (AvgIpc) is 2.99. The van der Waals surface area contributed by atoms with E-state index in [9.17, 15) is 0 Å². The van der Waals surface area contributed by atoms with Crippen LogP contribution in [0.25, 0.3) is 0 Å². The van der Waals surface area contributed by atoms with Gasteiger partial charge in [-0.25, -0.2) is 4.98 Å². The highest BCUT2D eigenvalue weighted by atomic mass is 32.1. The van der Waals surface area contributed by atoms with Gasteiger partial charge in [-0.3, -0.25) is 9.88 Å². The zero-order valence-corrected chi connectivity index (χ0v) is 13.9. The molecular formula is C18H21N3OS. The summed E-state index contributed by atoms with van der Waals surface area (Å²) >= 11 is 1.80. The molecule has 120 valence electrons. The molecule has 1 saturated carbocycles. The van der Waals surface area contributed by atoms with Crippen LogP contribution in [0.15, 0.2) is 29.8 Å². The van der Waals surface area contributed by atoms with E-state index in [-0.39, 0.29) is 6.10 Å². The molecule has 2 aromatic heterocycles. The van der Waals surface area contributed by atoms with Crippen molar-refractivity contribution in [3.05, 3.63) is 46.2 Å². The van der Waals surface area contributed by atoms with Crippen molar-refractivity contribution in [1.82, 2.24) is 14.9 Å². The topological polar surface area (TPSA) is 38.2 Å². The highest BCUT2D eigenvalue weighted by Gasteiger charge is 2.43. The van der Waals surface area contributed by atoms with Crippen LogP contribution in [-0.2, 0) is 11.3 Å². The Morgan fingerprint density at radius 2 is 2.22 bits per heavy atom. The summed E-state index contributed by atoms with van der Waals surface area (Å²) < 4.78 is 6.34. The van der Waals surface area contributed by atoms with Crippen LogP contribution in [0.5, 0.6) is 0 Å². The Bertz CT molecular complexity index is 671. The number of fused-ring (bicyclic) bond motifs is 1. The third-order valence-corrected chi connectivity index (χ3v) is 6.19. The third kappa shape index (κ3) is 2.82. The molecule has 3 atom stereocenters. The van der Waals surface area contributed by atoms with Gasteiger partial charge in [0.15, 0.2) is 0 Å². The van der Waals surface area contributed by atoms with Crippen LogP contribution in [-0.4, -0.2) is 34.1 Å². The molecule has 23 heavy (non-hydrogen) atoms. The highest BCUT2D eigenvalue weighted by Crippen LogP contribution is 2.45. The van der Waals surface area contributed by atoms with Crippen LogP contribution in [0.3, 0.4) is 0 Å². The van der Waals surface area contributed by atoms with E-state index in [1.54, 1.807) is 11.3 Å². The fraction of sp³-hybridized carbons (Fsp3) is 0.556. The summed E-state index contributed by atoms with van der Waals surface area (Å²) in [7, 11) is 0. The molecule has 0 N–H and O–H groups in total. The first-order chi connectivity index (χ1) is 11.3. The van der Waals surface area contributed by atoms with Gasteiger partial charge in [-0.15, -0.1) is 11.3 Å². The quantitative estimate of drug-likeness (QED) is 0.863. The average molecular weight is 327 g/mol. The lowest BCUT2D eigenvalue weighted by Crippen LogP contribution is -2.23. The van der Waals surface area contributed by atoms with Gasteiger partial charge in [0, 0.05) is 43.0 Å². The van der Waals surface area contributed by atoms with Gasteiger partial charge in [0.1, 0.15) is 11.1 Å². The number of nitrogens with zero attached hydrogens (tertiary/aromatic N) is 3. The van der Waals surface area contributed by atoms with Gasteiger partial charge in [-0.1, -0.05) is 6.07 Å². The van der Waals surface area contributed by atoms with Crippen molar-refractivity contribution in [2.75, 3.05) is 13.1 Å². The lowest BCUT2D eigenvalue weighted by Gasteiger charge is -2.17. The van der Waals surface area contributed by atoms with Crippen LogP contribution >= 0.6 is 11.3 Å². The van der Waals surface area contributed by atoms with Gasteiger partial charge < -0.3 is 4.74 Å². The van der Waals surface area contributed by atoms with E-state index in [1.807, 2.05) is 12.3 Å². The summed E-state index contributed by atoms with van der Waals surface area (Å²) in [6.45, 7) is 3.09. The maximum absolute atomic E-state index is 6.34. The molecule has 0 aromatic carbocycles. The maximum atomic E-state index is 6.34. The van der Waals surface area contributed by atoms with Crippen LogP contribution in [0.2, 0.25) is 0 Å². The highest BCUT2D eigenvalue weighted by molar-refractivity contribution is 7.09. The molecule has 2 saturated heterocycles. The van der Waals surface area contributed by atoms with E-state index in [0.717, 1.165) is 37.7 Å². The van der Waals surface area contributed by atoms with Crippen LogP contribution in [0.4, 0.5) is 0 Å². The zero-order valence-electron chi connectivity index (χ0n) is 13.1. The summed E-state index contributed by atoms with van der Waals surface area (Å²) in [5.41, 5.74) is 2.46. The predicted molar refractivity (Wildman–Crippen MR) is 89.3 cm³/mol. The van der Waals surface area contributed by atoms with Crippen LogP contribution in [0, 0.1) is 5.92 Å². The van der Waals surface area contributed by atoms with Crippen molar-refractivity contribution in [1.29, 1.82) is 0 Å². The Balaban J connectivity index is 1.21. The Kier molecular flexibility index (Phi) is 3.46. The Morgan fingerprint density at radius 3 is 3.00 bits per heavy atom. The molecule has 0 spiro atoms. The molecule has 0 radical (unpaired) electrons. The number of hydrogen-bond donors (Lipinski definition) is 0. The summed E-state index contributed by atoms with van der Waals surface area (Å²) in [6.07, 6.45) is 6.25. The van der Waals surface area contributed by atoms with Crippen molar-refractivity contribution in [3.8, 4) is 0 Å². The summed E-state index contributed by atoms with van der Waals surface area (Å²) in [5.74, 6) is 1.40. The van der Waals surface area contributed by atoms with Crippen molar-refractivity contribution >= 4 is 11.3 Å². The van der Waals surface area contributed by atoms with Gasteiger partial charge in [-0.05, 0) is 31.4 Å². The number of ether oxygens (including phenoxy) is 1. The minimum Gasteiger partial charge on any atom is -0.366 e. The van der Waals surface area contributed by atoms with Gasteiger partial charge >= 0.3 is 0 Å². The molecule has 5 rings (SSSR count). The number of thiazole rings is 1. The summed E-state index contributed by atoms with van der Waals surface area (Å²) in [5, 5.41) is 3.45. The number of rotatable bonds is 4. The van der Waals surface area contributed by atoms with E-state index in [2.05, 4.69) is 27.4 Å². The molecule has 2 aliphatic heterocycles. The second-order valence-corrected chi connectivity index (χ2v) is 7.95. The molecule has 5 heteroatoms. The monoisotopic (exact) mass is 327 g/mol. The van der Waals surface area contributed by atoms with E-state index in [4.69, 9.17) is 9.72 Å². The fourth-order valence-corrected chi connectivity index (χ4v) is 4.82. The first-order valence-electron chi connectivity index (χ1n) is 8.58. The predicted octanol–water partition coefficient (Wildman–Crippen LogP) is 3.38. The Labute approximate surface area is 140 Å². The fourth-order valence-electron chi connectivity index (χ4n) is 3.87. The van der Waals surface area contributed by atoms with Gasteiger partial charge in [0.2, 0.25) is 0 Å². The van der Waals surface area contributed by atoms with E-state index >= 15 is 0 Å². The normalized spacial score (nSPS) is 30.7. The summed E-state index contributed by atoms with van der Waals surface area (Å²) in [4.78, 5) is 11.7. The molecule has 2 aromatic rings. The van der Waals surface area contributed by atoms with Crippen LogP contribution < -0.4 is 0 Å². The smallest absolute Gasteiger partial charge is 0.122 e. The summed E-state index contributed by atoms with van der Waals surface area (Å²) in [6, 6.07) is 6.14. The number of aromatic nitrogens is 2. The second-order valence-electron chi connectivity index (χ2n) is 7.06. The van der Waals surface area contributed by atoms with E-state index in [0.29, 0.717) is 12.0 Å². The van der Waals surface area contributed by atoms with E-state index in [1.165, 1.54) is 23.5 Å². The molecule has 4 nitrogen and oxygen atoms in total. The molecule has 0 amide bonds. The molecule has 4 heterocycles. The lowest BCUT2D eigenvalue weighted by molar-refractivity contribution is 0.0368. The van der Waals surface area contributed by atoms with Crippen molar-refractivity contribution in [3.63, 3.8) is 0 Å². The molecule has 3 aliphatic rings. The van der Waals surface area contributed by atoms with Crippen molar-refractivity contribution in [2.24, 2.45) is 5.92 Å². The third-order valence-electron chi connectivity index (χ3n) is 5.24. The van der Waals surface area contributed by atoms with Gasteiger partial charge in [0.05, 0.1) is 17.5 Å². The minimum absolute atomic E-state index is 0.236. The number of pyridine rings is 1. The standard InChI is InChI=1S/C18H21N3OS/c1-2-6-19-14(3-1)9-21-8-13-7-16(22-17(13)10-21)18-20-15(11-23-18)12-4-5-12/h1-3,6,11-13,16-17H,4-5,7-10H2/t13-,16-,17+/m0/s1. The minimum atomic E-state index is 0.236. The van der Waals surface area contributed by atoms with Gasteiger partial charge in [0.25, 0.3) is 0 Å². The van der Waals surface area contributed by atoms with Crippen molar-refractivity contribution < 1.29 is 4.74 Å². The van der Waals surface area contributed by atoms with Crippen LogP contribution in [0.1, 0.15) is 47.7 Å².